The van der Waals surface area contributed by atoms with Gasteiger partial charge in [0.05, 0.1) is 20.3 Å². The summed E-state index contributed by atoms with van der Waals surface area (Å²) in [5, 5.41) is 0. The molecule has 0 saturated carbocycles. The number of hydrogen-bond acceptors (Lipinski definition) is 4. The van der Waals surface area contributed by atoms with Gasteiger partial charge < -0.3 is 20.1 Å². The average molecular weight is 292 g/mol. The van der Waals surface area contributed by atoms with Gasteiger partial charge in [0.2, 0.25) is 5.91 Å². The van der Waals surface area contributed by atoms with Gasteiger partial charge in [0, 0.05) is 31.1 Å². The van der Waals surface area contributed by atoms with Crippen LogP contribution in [0.25, 0.3) is 0 Å². The Morgan fingerprint density at radius 1 is 1.38 bits per heavy atom. The zero-order chi connectivity index (χ0) is 15.4. The van der Waals surface area contributed by atoms with E-state index in [1.807, 2.05) is 23.1 Å². The fourth-order valence-electron chi connectivity index (χ4n) is 2.76. The fourth-order valence-corrected chi connectivity index (χ4v) is 2.76. The van der Waals surface area contributed by atoms with E-state index in [2.05, 4.69) is 6.92 Å². The van der Waals surface area contributed by atoms with Gasteiger partial charge in [-0.15, -0.1) is 0 Å². The highest BCUT2D eigenvalue weighted by Gasteiger charge is 2.30. The fraction of sp³-hybridized carbons (Fsp3) is 0.562. The largest absolute Gasteiger partial charge is 0.497 e. The highest BCUT2D eigenvalue weighted by molar-refractivity contribution is 5.78. The van der Waals surface area contributed by atoms with Gasteiger partial charge in [-0.25, -0.2) is 0 Å². The highest BCUT2D eigenvalue weighted by atomic mass is 16.5. The van der Waals surface area contributed by atoms with Crippen molar-refractivity contribution in [3.8, 4) is 11.5 Å². The number of carbonyl (C=O) groups is 1. The Morgan fingerprint density at radius 3 is 2.71 bits per heavy atom. The SMILES string of the molecule is CCC1CC(=O)N(CC(N)c2ccc(OC)cc2OC)C1. The Balaban J connectivity index is 2.10. The maximum atomic E-state index is 12.0. The van der Waals surface area contributed by atoms with Crippen molar-refractivity contribution in [3.63, 3.8) is 0 Å². The average Bonchev–Trinajstić information content (AvgIpc) is 2.86. The first-order valence-corrected chi connectivity index (χ1v) is 7.34. The molecule has 5 heteroatoms. The van der Waals surface area contributed by atoms with Crippen molar-refractivity contribution in [1.29, 1.82) is 0 Å². The van der Waals surface area contributed by atoms with Crippen LogP contribution in [0.3, 0.4) is 0 Å². The van der Waals surface area contributed by atoms with Crippen LogP contribution >= 0.6 is 0 Å². The smallest absolute Gasteiger partial charge is 0.222 e. The number of nitrogens with zero attached hydrogens (tertiary/aromatic N) is 1. The van der Waals surface area contributed by atoms with E-state index in [0.717, 1.165) is 24.3 Å². The van der Waals surface area contributed by atoms with Gasteiger partial charge in [0.15, 0.2) is 0 Å². The van der Waals surface area contributed by atoms with E-state index in [4.69, 9.17) is 15.2 Å². The zero-order valence-electron chi connectivity index (χ0n) is 13.0. The molecule has 0 aromatic heterocycles. The van der Waals surface area contributed by atoms with Crippen molar-refractivity contribution in [3.05, 3.63) is 23.8 Å². The molecular weight excluding hydrogens is 268 g/mol. The third kappa shape index (κ3) is 3.47. The third-order valence-corrected chi connectivity index (χ3v) is 4.13. The molecule has 1 heterocycles. The standard InChI is InChI=1S/C16H24N2O3/c1-4-11-7-16(19)18(9-11)10-14(17)13-6-5-12(20-2)8-15(13)21-3/h5-6,8,11,14H,4,7,9-10,17H2,1-3H3. The molecule has 0 radical (unpaired) electrons. The number of likely N-dealkylation sites (tertiary alicyclic amines) is 1. The van der Waals surface area contributed by atoms with E-state index in [0.29, 0.717) is 24.6 Å². The molecule has 5 nitrogen and oxygen atoms in total. The normalized spacial score (nSPS) is 19.7. The lowest BCUT2D eigenvalue weighted by atomic mass is 10.1. The molecule has 2 atom stereocenters. The summed E-state index contributed by atoms with van der Waals surface area (Å²) >= 11 is 0. The Labute approximate surface area is 126 Å². The molecule has 2 unspecified atom stereocenters. The summed E-state index contributed by atoms with van der Waals surface area (Å²) < 4.78 is 10.6. The molecule has 1 aromatic rings. The van der Waals surface area contributed by atoms with Crippen molar-refractivity contribution in [2.24, 2.45) is 11.7 Å². The quantitative estimate of drug-likeness (QED) is 0.870. The number of rotatable bonds is 6. The van der Waals surface area contributed by atoms with E-state index in [-0.39, 0.29) is 11.9 Å². The van der Waals surface area contributed by atoms with Crippen LogP contribution in [0.15, 0.2) is 18.2 Å². The van der Waals surface area contributed by atoms with Crippen LogP contribution in [0.2, 0.25) is 0 Å². The van der Waals surface area contributed by atoms with Crippen LogP contribution in [-0.2, 0) is 4.79 Å². The predicted molar refractivity (Wildman–Crippen MR) is 81.5 cm³/mol. The van der Waals surface area contributed by atoms with Crippen LogP contribution in [0.4, 0.5) is 0 Å². The zero-order valence-corrected chi connectivity index (χ0v) is 13.0. The van der Waals surface area contributed by atoms with Crippen molar-refractivity contribution in [2.75, 3.05) is 27.3 Å². The molecular formula is C16H24N2O3. The molecule has 1 saturated heterocycles. The summed E-state index contributed by atoms with van der Waals surface area (Å²) in [4.78, 5) is 13.8. The first-order valence-electron chi connectivity index (χ1n) is 7.34. The maximum Gasteiger partial charge on any atom is 0.222 e. The van der Waals surface area contributed by atoms with E-state index in [1.165, 1.54) is 0 Å². The summed E-state index contributed by atoms with van der Waals surface area (Å²) in [6.07, 6.45) is 1.67. The second-order valence-corrected chi connectivity index (χ2v) is 5.49. The van der Waals surface area contributed by atoms with Gasteiger partial charge in [0.1, 0.15) is 11.5 Å². The van der Waals surface area contributed by atoms with Crippen LogP contribution < -0.4 is 15.2 Å². The Morgan fingerprint density at radius 2 is 2.14 bits per heavy atom. The minimum Gasteiger partial charge on any atom is -0.497 e. The molecule has 2 rings (SSSR count). The van der Waals surface area contributed by atoms with Gasteiger partial charge in [-0.3, -0.25) is 4.79 Å². The molecule has 1 fully saturated rings. The van der Waals surface area contributed by atoms with Crippen LogP contribution in [0, 0.1) is 5.92 Å². The molecule has 21 heavy (non-hydrogen) atoms. The number of methoxy groups -OCH3 is 2. The van der Waals surface area contributed by atoms with E-state index < -0.39 is 0 Å². The van der Waals surface area contributed by atoms with Crippen LogP contribution in [-0.4, -0.2) is 38.1 Å². The van der Waals surface area contributed by atoms with Gasteiger partial charge in [-0.2, -0.15) is 0 Å². The predicted octanol–water partition coefficient (Wildman–Crippen LogP) is 1.96. The molecule has 1 aromatic carbocycles. The summed E-state index contributed by atoms with van der Waals surface area (Å²) in [6, 6.07) is 5.32. The Bertz CT molecular complexity index is 504. The molecule has 1 aliphatic heterocycles. The van der Waals surface area contributed by atoms with Gasteiger partial charge in [-0.05, 0) is 12.0 Å². The van der Waals surface area contributed by atoms with Gasteiger partial charge in [0.25, 0.3) is 0 Å². The second kappa shape index (κ2) is 6.80. The van der Waals surface area contributed by atoms with Crippen molar-refractivity contribution in [2.45, 2.75) is 25.8 Å². The lowest BCUT2D eigenvalue weighted by Gasteiger charge is -2.23. The summed E-state index contributed by atoms with van der Waals surface area (Å²) in [5.41, 5.74) is 7.17. The number of ether oxygens (including phenoxy) is 2. The van der Waals surface area contributed by atoms with E-state index >= 15 is 0 Å². The second-order valence-electron chi connectivity index (χ2n) is 5.49. The molecule has 0 spiro atoms. The number of hydrogen-bond donors (Lipinski definition) is 1. The number of benzene rings is 1. The third-order valence-electron chi connectivity index (χ3n) is 4.13. The van der Waals surface area contributed by atoms with E-state index in [9.17, 15) is 4.79 Å². The van der Waals surface area contributed by atoms with Crippen LogP contribution in [0.5, 0.6) is 11.5 Å². The minimum atomic E-state index is -0.259. The Kier molecular flexibility index (Phi) is 5.07. The molecule has 0 aliphatic carbocycles. The first-order chi connectivity index (χ1) is 10.1. The summed E-state index contributed by atoms with van der Waals surface area (Å²) in [7, 11) is 3.22. The van der Waals surface area contributed by atoms with E-state index in [1.54, 1.807) is 14.2 Å². The maximum absolute atomic E-state index is 12.0. The van der Waals surface area contributed by atoms with Gasteiger partial charge in [-0.1, -0.05) is 19.4 Å². The number of carbonyl (C=O) groups excluding carboxylic acids is 1. The van der Waals surface area contributed by atoms with Crippen LogP contribution in [0.1, 0.15) is 31.4 Å². The van der Waals surface area contributed by atoms with Crippen molar-refractivity contribution in [1.82, 2.24) is 4.90 Å². The molecule has 1 amide bonds. The highest BCUT2D eigenvalue weighted by Crippen LogP contribution is 2.30. The monoisotopic (exact) mass is 292 g/mol. The lowest BCUT2D eigenvalue weighted by molar-refractivity contribution is -0.127. The Hall–Kier alpha value is -1.75. The number of nitrogens with two attached hydrogens (primary N) is 1. The van der Waals surface area contributed by atoms with Crippen molar-refractivity contribution < 1.29 is 14.3 Å². The minimum absolute atomic E-state index is 0.199. The number of amides is 1. The summed E-state index contributed by atoms with van der Waals surface area (Å²) in [5.74, 6) is 2.08. The topological polar surface area (TPSA) is 64.8 Å². The molecule has 116 valence electrons. The lowest BCUT2D eigenvalue weighted by Crippen LogP contribution is -2.33. The molecule has 1 aliphatic rings. The van der Waals surface area contributed by atoms with Crippen molar-refractivity contribution >= 4 is 5.91 Å². The van der Waals surface area contributed by atoms with Gasteiger partial charge >= 0.3 is 0 Å². The molecule has 0 bridgehead atoms. The summed E-state index contributed by atoms with van der Waals surface area (Å²) in [6.45, 7) is 3.45. The molecule has 2 N–H and O–H groups in total. The first kappa shape index (κ1) is 15.6.